The van der Waals surface area contributed by atoms with E-state index in [2.05, 4.69) is 26.0 Å². The van der Waals surface area contributed by atoms with Crippen molar-refractivity contribution < 1.29 is 23.8 Å². The molecule has 0 aliphatic carbocycles. The molecule has 31 heavy (non-hydrogen) atoms. The van der Waals surface area contributed by atoms with Crippen LogP contribution in [0.15, 0.2) is 40.4 Å². The summed E-state index contributed by atoms with van der Waals surface area (Å²) in [6, 6.07) is 10.9. The number of hydrogen-bond acceptors (Lipinski definition) is 6. The highest BCUT2D eigenvalue weighted by atomic mass is 79.9. The Bertz CT molecular complexity index is 1060. The minimum Gasteiger partial charge on any atom is -0.490 e. The quantitative estimate of drug-likeness (QED) is 0.333. The third kappa shape index (κ3) is 6.59. The van der Waals surface area contributed by atoms with Gasteiger partial charge in [-0.1, -0.05) is 12.1 Å². The van der Waals surface area contributed by atoms with Crippen molar-refractivity contribution in [1.29, 1.82) is 5.26 Å². The maximum Gasteiger partial charge on any atom is 0.343 e. The van der Waals surface area contributed by atoms with Crippen LogP contribution in [0.5, 0.6) is 11.5 Å². The first-order valence-electron chi connectivity index (χ1n) is 9.45. The van der Waals surface area contributed by atoms with Crippen molar-refractivity contribution >= 4 is 39.6 Å². The van der Waals surface area contributed by atoms with E-state index in [1.165, 1.54) is 13.2 Å². The van der Waals surface area contributed by atoms with Gasteiger partial charge in [-0.2, -0.15) is 5.26 Å². The first-order chi connectivity index (χ1) is 14.8. The summed E-state index contributed by atoms with van der Waals surface area (Å²) in [5.74, 6) is -0.369. The van der Waals surface area contributed by atoms with Gasteiger partial charge in [0, 0.05) is 5.69 Å². The van der Waals surface area contributed by atoms with Gasteiger partial charge in [-0.05, 0) is 77.7 Å². The Morgan fingerprint density at radius 2 is 1.94 bits per heavy atom. The maximum atomic E-state index is 12.7. The van der Waals surface area contributed by atoms with Crippen LogP contribution in [0, 0.1) is 25.2 Å². The smallest absolute Gasteiger partial charge is 0.343 e. The first-order valence-corrected chi connectivity index (χ1v) is 10.2. The van der Waals surface area contributed by atoms with Crippen LogP contribution in [0.4, 0.5) is 5.69 Å². The molecule has 1 N–H and O–H groups in total. The molecule has 0 heterocycles. The Hall–Kier alpha value is -3.31. The molecule has 0 aliphatic heterocycles. The number of nitriles is 1. The van der Waals surface area contributed by atoms with Crippen LogP contribution < -0.4 is 14.8 Å². The van der Waals surface area contributed by atoms with Crippen LogP contribution in [0.2, 0.25) is 0 Å². The van der Waals surface area contributed by atoms with E-state index < -0.39 is 11.9 Å². The number of carbonyl (C=O) groups is 2. The molecule has 0 bridgehead atoms. The van der Waals surface area contributed by atoms with Crippen molar-refractivity contribution in [2.75, 3.05) is 25.6 Å². The molecule has 0 atom stereocenters. The molecule has 0 saturated carbocycles. The van der Waals surface area contributed by atoms with E-state index in [-0.39, 0.29) is 12.2 Å². The molecule has 0 saturated heterocycles. The zero-order chi connectivity index (χ0) is 23.0. The van der Waals surface area contributed by atoms with Crippen molar-refractivity contribution in [3.63, 3.8) is 0 Å². The van der Waals surface area contributed by atoms with E-state index in [9.17, 15) is 14.9 Å². The van der Waals surface area contributed by atoms with Crippen LogP contribution >= 0.6 is 15.9 Å². The highest BCUT2D eigenvalue weighted by Crippen LogP contribution is 2.37. The number of benzene rings is 2. The zero-order valence-corrected chi connectivity index (χ0v) is 19.3. The Labute approximate surface area is 189 Å². The van der Waals surface area contributed by atoms with Crippen molar-refractivity contribution in [2.24, 2.45) is 0 Å². The standard InChI is InChI=1S/C23H23BrN2O5/c1-5-30-20-11-16(10-18(24)22(20)31-13-21(27)29-4)9-17(12-25)23(28)26-19-8-14(2)6-7-15(19)3/h6-11H,5,13H2,1-4H3,(H,26,28)/b17-9+. The molecule has 1 amide bonds. The highest BCUT2D eigenvalue weighted by molar-refractivity contribution is 9.10. The van der Waals surface area contributed by atoms with Crippen molar-refractivity contribution in [1.82, 2.24) is 0 Å². The van der Waals surface area contributed by atoms with E-state index in [4.69, 9.17) is 9.47 Å². The molecule has 2 aromatic rings. The summed E-state index contributed by atoms with van der Waals surface area (Å²) in [6.45, 7) is 5.67. The summed E-state index contributed by atoms with van der Waals surface area (Å²) >= 11 is 3.39. The largest absolute Gasteiger partial charge is 0.490 e. The Balaban J connectivity index is 2.34. The lowest BCUT2D eigenvalue weighted by Gasteiger charge is -2.14. The summed E-state index contributed by atoms with van der Waals surface area (Å²) in [5.41, 5.74) is 3.02. The number of ether oxygens (including phenoxy) is 3. The fourth-order valence-electron chi connectivity index (χ4n) is 2.64. The van der Waals surface area contributed by atoms with Gasteiger partial charge in [-0.3, -0.25) is 4.79 Å². The number of carbonyl (C=O) groups excluding carboxylic acids is 2. The summed E-state index contributed by atoms with van der Waals surface area (Å²) < 4.78 is 16.2. The SMILES string of the molecule is CCOc1cc(/C=C(\C#N)C(=O)Nc2cc(C)ccc2C)cc(Br)c1OCC(=O)OC. The average molecular weight is 487 g/mol. The Morgan fingerprint density at radius 3 is 2.58 bits per heavy atom. The average Bonchev–Trinajstić information content (AvgIpc) is 2.73. The molecular weight excluding hydrogens is 464 g/mol. The molecule has 0 radical (unpaired) electrons. The van der Waals surface area contributed by atoms with Crippen LogP contribution in [0.25, 0.3) is 6.08 Å². The lowest BCUT2D eigenvalue weighted by atomic mass is 10.1. The van der Waals surface area contributed by atoms with E-state index >= 15 is 0 Å². The molecule has 162 valence electrons. The third-order valence-electron chi connectivity index (χ3n) is 4.21. The number of amides is 1. The number of aryl methyl sites for hydroxylation is 2. The molecule has 0 fully saturated rings. The van der Waals surface area contributed by atoms with Gasteiger partial charge in [0.25, 0.3) is 5.91 Å². The Kier molecular flexibility index (Phi) is 8.64. The molecule has 2 aromatic carbocycles. The monoisotopic (exact) mass is 486 g/mol. The molecule has 0 spiro atoms. The molecule has 0 aromatic heterocycles. The predicted molar refractivity (Wildman–Crippen MR) is 121 cm³/mol. The van der Waals surface area contributed by atoms with Gasteiger partial charge in [0.1, 0.15) is 11.6 Å². The topological polar surface area (TPSA) is 97.6 Å². The van der Waals surface area contributed by atoms with Gasteiger partial charge >= 0.3 is 5.97 Å². The second-order valence-corrected chi connectivity index (χ2v) is 7.42. The number of halogens is 1. The summed E-state index contributed by atoms with van der Waals surface area (Å²) in [5, 5.41) is 12.3. The second kappa shape index (κ2) is 11.2. The van der Waals surface area contributed by atoms with E-state index in [1.54, 1.807) is 19.1 Å². The fraction of sp³-hybridized carbons (Fsp3) is 0.261. The molecule has 8 heteroatoms. The minimum atomic E-state index is -0.534. The van der Waals surface area contributed by atoms with Gasteiger partial charge in [0.05, 0.1) is 18.2 Å². The van der Waals surface area contributed by atoms with Crippen LogP contribution in [-0.2, 0) is 14.3 Å². The lowest BCUT2D eigenvalue weighted by Crippen LogP contribution is -2.14. The number of anilines is 1. The van der Waals surface area contributed by atoms with Crippen molar-refractivity contribution in [3.8, 4) is 17.6 Å². The number of esters is 1. The summed E-state index contributed by atoms with van der Waals surface area (Å²) in [4.78, 5) is 24.1. The van der Waals surface area contributed by atoms with Gasteiger partial charge in [0.15, 0.2) is 18.1 Å². The second-order valence-electron chi connectivity index (χ2n) is 6.57. The molecule has 2 rings (SSSR count). The molecule has 0 aliphatic rings. The summed E-state index contributed by atoms with van der Waals surface area (Å²) in [7, 11) is 1.27. The van der Waals surface area contributed by atoms with E-state index in [1.807, 2.05) is 38.1 Å². The number of rotatable bonds is 8. The first kappa shape index (κ1) is 24.0. The predicted octanol–water partition coefficient (Wildman–Crippen LogP) is 4.56. The number of methoxy groups -OCH3 is 1. The number of nitrogens with one attached hydrogen (secondary N) is 1. The molecular formula is C23H23BrN2O5. The van der Waals surface area contributed by atoms with Gasteiger partial charge < -0.3 is 19.5 Å². The van der Waals surface area contributed by atoms with Crippen LogP contribution in [-0.4, -0.2) is 32.2 Å². The van der Waals surface area contributed by atoms with Gasteiger partial charge in [-0.25, -0.2) is 4.79 Å². The lowest BCUT2D eigenvalue weighted by molar-refractivity contribution is -0.142. The van der Waals surface area contributed by atoms with Crippen LogP contribution in [0.1, 0.15) is 23.6 Å². The van der Waals surface area contributed by atoms with Gasteiger partial charge in [0.2, 0.25) is 0 Å². The minimum absolute atomic E-state index is 0.0708. The van der Waals surface area contributed by atoms with E-state index in [0.717, 1.165) is 11.1 Å². The third-order valence-corrected chi connectivity index (χ3v) is 4.80. The van der Waals surface area contributed by atoms with Crippen LogP contribution in [0.3, 0.4) is 0 Å². The van der Waals surface area contributed by atoms with Crippen molar-refractivity contribution in [2.45, 2.75) is 20.8 Å². The van der Waals surface area contributed by atoms with Crippen molar-refractivity contribution in [3.05, 3.63) is 57.1 Å². The fourth-order valence-corrected chi connectivity index (χ4v) is 3.21. The number of hydrogen-bond donors (Lipinski definition) is 1. The highest BCUT2D eigenvalue weighted by Gasteiger charge is 2.16. The molecule has 7 nitrogen and oxygen atoms in total. The van der Waals surface area contributed by atoms with Gasteiger partial charge in [-0.15, -0.1) is 0 Å². The van der Waals surface area contributed by atoms with E-state index in [0.29, 0.717) is 33.8 Å². The maximum absolute atomic E-state index is 12.7. The zero-order valence-electron chi connectivity index (χ0n) is 17.7. The Morgan fingerprint density at radius 1 is 1.19 bits per heavy atom. The molecule has 0 unspecified atom stereocenters. The number of nitrogens with zero attached hydrogens (tertiary/aromatic N) is 1. The normalized spacial score (nSPS) is 10.8. The summed E-state index contributed by atoms with van der Waals surface area (Å²) in [6.07, 6.45) is 1.46.